The van der Waals surface area contributed by atoms with Crippen molar-refractivity contribution in [3.63, 3.8) is 0 Å². The Hall–Kier alpha value is -1.99. The van der Waals surface area contributed by atoms with Crippen LogP contribution in [0.25, 0.3) is 5.57 Å². The number of rotatable bonds is 1. The second kappa shape index (κ2) is 5.18. The minimum atomic E-state index is 0.0869. The Bertz CT molecular complexity index is 598. The van der Waals surface area contributed by atoms with Crippen molar-refractivity contribution < 1.29 is 4.79 Å². The molecule has 0 bridgehead atoms. The number of likely N-dealkylation sites (N-methyl/N-ethyl adjacent to an activating group) is 1. The summed E-state index contributed by atoms with van der Waals surface area (Å²) in [5, 5.41) is 0. The quantitative estimate of drug-likeness (QED) is 0.782. The zero-order valence-corrected chi connectivity index (χ0v) is 11.8. The Kier molecular flexibility index (Phi) is 3.37. The first kappa shape index (κ1) is 13.0. The minimum Gasteiger partial charge on any atom is -0.350 e. The summed E-state index contributed by atoms with van der Waals surface area (Å²) < 4.78 is 0. The van der Waals surface area contributed by atoms with Crippen LogP contribution >= 0.6 is 0 Å². The second-order valence-electron chi connectivity index (χ2n) is 5.48. The number of carbonyl (C=O) groups excluding carboxylic acids is 1. The van der Waals surface area contributed by atoms with Gasteiger partial charge in [-0.1, -0.05) is 12.0 Å². The molecule has 0 unspecified atom stereocenters. The topological polar surface area (TPSA) is 39.3 Å². The van der Waals surface area contributed by atoms with Crippen LogP contribution in [0.5, 0.6) is 0 Å². The lowest BCUT2D eigenvalue weighted by atomic mass is 9.98. The van der Waals surface area contributed by atoms with Crippen molar-refractivity contribution in [2.45, 2.75) is 12.8 Å². The second-order valence-corrected chi connectivity index (χ2v) is 5.48. The molecule has 0 radical (unpaired) electrons. The SMILES string of the molecule is C#CC1=CCCc2cc(C(=O)N3CCN(C)CC3)[nH]c21. The molecule has 0 aromatic carbocycles. The number of aromatic nitrogens is 1. The van der Waals surface area contributed by atoms with E-state index in [0.717, 1.165) is 55.9 Å². The van der Waals surface area contributed by atoms with Crippen LogP contribution in [0, 0.1) is 12.3 Å². The van der Waals surface area contributed by atoms with Crippen LogP contribution in [0.15, 0.2) is 12.1 Å². The first-order valence-corrected chi connectivity index (χ1v) is 7.06. The average molecular weight is 269 g/mol. The lowest BCUT2D eigenvalue weighted by Crippen LogP contribution is -2.47. The summed E-state index contributed by atoms with van der Waals surface area (Å²) in [5.41, 5.74) is 3.67. The van der Waals surface area contributed by atoms with Gasteiger partial charge in [0.2, 0.25) is 0 Å². The van der Waals surface area contributed by atoms with Gasteiger partial charge in [-0.05, 0) is 31.5 Å². The highest BCUT2D eigenvalue weighted by Crippen LogP contribution is 2.26. The Balaban J connectivity index is 1.82. The Labute approximate surface area is 119 Å². The van der Waals surface area contributed by atoms with Crippen LogP contribution in [0.3, 0.4) is 0 Å². The lowest BCUT2D eigenvalue weighted by Gasteiger charge is -2.32. The number of hydrogen-bond donors (Lipinski definition) is 1. The molecular formula is C16H19N3O. The van der Waals surface area contributed by atoms with Gasteiger partial charge >= 0.3 is 0 Å². The highest BCUT2D eigenvalue weighted by molar-refractivity contribution is 5.94. The van der Waals surface area contributed by atoms with E-state index in [1.54, 1.807) is 0 Å². The van der Waals surface area contributed by atoms with Gasteiger partial charge in [0, 0.05) is 31.8 Å². The van der Waals surface area contributed by atoms with Crippen LogP contribution in [0.1, 0.15) is 28.2 Å². The largest absolute Gasteiger partial charge is 0.350 e. The fourth-order valence-corrected chi connectivity index (χ4v) is 2.84. The fourth-order valence-electron chi connectivity index (χ4n) is 2.84. The third-order valence-electron chi connectivity index (χ3n) is 4.11. The van der Waals surface area contributed by atoms with Crippen molar-refractivity contribution in [2.75, 3.05) is 33.2 Å². The highest BCUT2D eigenvalue weighted by atomic mass is 16.2. The zero-order chi connectivity index (χ0) is 14.1. The first-order chi connectivity index (χ1) is 9.69. The maximum absolute atomic E-state index is 12.5. The summed E-state index contributed by atoms with van der Waals surface area (Å²) >= 11 is 0. The van der Waals surface area contributed by atoms with Crippen LogP contribution in [-0.2, 0) is 6.42 Å². The van der Waals surface area contributed by atoms with Crippen molar-refractivity contribution >= 4 is 11.5 Å². The number of H-pyrrole nitrogens is 1. The number of carbonyl (C=O) groups is 1. The molecule has 0 spiro atoms. The van der Waals surface area contributed by atoms with Crippen molar-refractivity contribution in [2.24, 2.45) is 0 Å². The molecule has 1 aromatic heterocycles. The molecule has 3 rings (SSSR count). The third kappa shape index (κ3) is 2.25. The van der Waals surface area contributed by atoms with E-state index in [2.05, 4.69) is 28.9 Å². The molecule has 20 heavy (non-hydrogen) atoms. The van der Waals surface area contributed by atoms with Gasteiger partial charge in [-0.2, -0.15) is 0 Å². The van der Waals surface area contributed by atoms with E-state index in [4.69, 9.17) is 6.42 Å². The summed E-state index contributed by atoms with van der Waals surface area (Å²) in [5.74, 6) is 2.78. The summed E-state index contributed by atoms with van der Waals surface area (Å²) in [6.07, 6.45) is 9.48. The van der Waals surface area contributed by atoms with E-state index < -0.39 is 0 Å². The third-order valence-corrected chi connectivity index (χ3v) is 4.11. The van der Waals surface area contributed by atoms with Gasteiger partial charge in [0.25, 0.3) is 5.91 Å². The van der Waals surface area contributed by atoms with Crippen LogP contribution in [-0.4, -0.2) is 53.9 Å². The smallest absolute Gasteiger partial charge is 0.270 e. The van der Waals surface area contributed by atoms with E-state index in [-0.39, 0.29) is 5.91 Å². The minimum absolute atomic E-state index is 0.0869. The molecule has 2 aliphatic rings. The Morgan fingerprint density at radius 2 is 2.10 bits per heavy atom. The number of piperazine rings is 1. The maximum atomic E-state index is 12.5. The molecule has 1 amide bonds. The summed E-state index contributed by atoms with van der Waals surface area (Å²) in [7, 11) is 2.08. The summed E-state index contributed by atoms with van der Waals surface area (Å²) in [4.78, 5) is 19.9. The molecule has 1 fully saturated rings. The molecule has 1 aliphatic heterocycles. The predicted octanol–water partition coefficient (Wildman–Crippen LogP) is 1.37. The molecule has 1 aromatic rings. The van der Waals surface area contributed by atoms with Gasteiger partial charge in [0.15, 0.2) is 0 Å². The molecule has 2 heterocycles. The van der Waals surface area contributed by atoms with Gasteiger partial charge in [-0.15, -0.1) is 6.42 Å². The van der Waals surface area contributed by atoms with E-state index in [1.165, 1.54) is 0 Å². The van der Waals surface area contributed by atoms with Crippen LogP contribution in [0.2, 0.25) is 0 Å². The summed E-state index contributed by atoms with van der Waals surface area (Å²) in [6.45, 7) is 3.44. The first-order valence-electron chi connectivity index (χ1n) is 7.06. The van der Waals surface area contributed by atoms with Gasteiger partial charge < -0.3 is 14.8 Å². The monoisotopic (exact) mass is 269 g/mol. The van der Waals surface area contributed by atoms with Crippen molar-refractivity contribution in [1.29, 1.82) is 0 Å². The number of nitrogens with zero attached hydrogens (tertiary/aromatic N) is 2. The number of amides is 1. The molecule has 0 saturated carbocycles. The molecule has 1 aliphatic carbocycles. The molecule has 1 N–H and O–H groups in total. The van der Waals surface area contributed by atoms with Crippen molar-refractivity contribution in [1.82, 2.24) is 14.8 Å². The van der Waals surface area contributed by atoms with E-state index in [9.17, 15) is 4.79 Å². The number of allylic oxidation sites excluding steroid dienone is 2. The Morgan fingerprint density at radius 1 is 1.35 bits per heavy atom. The highest BCUT2D eigenvalue weighted by Gasteiger charge is 2.24. The fraction of sp³-hybridized carbons (Fsp3) is 0.438. The average Bonchev–Trinajstić information content (AvgIpc) is 2.91. The molecule has 0 atom stereocenters. The van der Waals surface area contributed by atoms with Gasteiger partial charge in [0.05, 0.1) is 5.69 Å². The molecule has 4 heteroatoms. The predicted molar refractivity (Wildman–Crippen MR) is 79.3 cm³/mol. The lowest BCUT2D eigenvalue weighted by molar-refractivity contribution is 0.0659. The molecule has 104 valence electrons. The van der Waals surface area contributed by atoms with Crippen molar-refractivity contribution in [3.05, 3.63) is 29.1 Å². The maximum Gasteiger partial charge on any atom is 0.270 e. The normalized spacial score (nSPS) is 19.2. The van der Waals surface area contributed by atoms with Gasteiger partial charge in [0.1, 0.15) is 5.69 Å². The van der Waals surface area contributed by atoms with Crippen LogP contribution < -0.4 is 0 Å². The number of fused-ring (bicyclic) bond motifs is 1. The number of aryl methyl sites for hydroxylation is 1. The number of aromatic amines is 1. The zero-order valence-electron chi connectivity index (χ0n) is 11.8. The molecule has 1 saturated heterocycles. The number of terminal acetylenes is 1. The van der Waals surface area contributed by atoms with E-state index >= 15 is 0 Å². The molecular weight excluding hydrogens is 250 g/mol. The van der Waals surface area contributed by atoms with E-state index in [1.807, 2.05) is 11.0 Å². The van der Waals surface area contributed by atoms with E-state index in [0.29, 0.717) is 5.69 Å². The Morgan fingerprint density at radius 3 is 2.80 bits per heavy atom. The summed E-state index contributed by atoms with van der Waals surface area (Å²) in [6, 6.07) is 1.97. The van der Waals surface area contributed by atoms with Crippen LogP contribution in [0.4, 0.5) is 0 Å². The van der Waals surface area contributed by atoms with Crippen molar-refractivity contribution in [3.8, 4) is 12.3 Å². The number of nitrogens with one attached hydrogen (secondary N) is 1. The standard InChI is InChI=1S/C16H19N3O/c1-3-12-5-4-6-13-11-14(17-15(12)13)16(20)19-9-7-18(2)8-10-19/h1,5,11,17H,4,6-10H2,2H3. The number of hydrogen-bond acceptors (Lipinski definition) is 2. The van der Waals surface area contributed by atoms with Gasteiger partial charge in [-0.3, -0.25) is 4.79 Å². The van der Waals surface area contributed by atoms with Gasteiger partial charge in [-0.25, -0.2) is 0 Å². The molecule has 4 nitrogen and oxygen atoms in total.